The number of carbonyl (C=O) groups is 1. The molecule has 27 heavy (non-hydrogen) atoms. The highest BCUT2D eigenvalue weighted by Gasteiger charge is 2.30. The summed E-state index contributed by atoms with van der Waals surface area (Å²) in [7, 11) is 3.68. The van der Waals surface area contributed by atoms with Gasteiger partial charge in [-0.2, -0.15) is 0 Å². The molecular formula is C18H20B2N4O3. The van der Waals surface area contributed by atoms with E-state index >= 15 is 0 Å². The minimum Gasteiger partial charge on any atom is -0.507 e. The second-order valence-corrected chi connectivity index (χ2v) is 6.96. The van der Waals surface area contributed by atoms with Crippen molar-refractivity contribution < 1.29 is 14.6 Å². The zero-order chi connectivity index (χ0) is 19.6. The van der Waals surface area contributed by atoms with E-state index in [-0.39, 0.29) is 23.0 Å². The van der Waals surface area contributed by atoms with Gasteiger partial charge in [-0.3, -0.25) is 14.3 Å². The van der Waals surface area contributed by atoms with Gasteiger partial charge in [0.25, 0.3) is 0 Å². The number of aromatic nitrogens is 4. The molecule has 9 heteroatoms. The topological polar surface area (TPSA) is 90.1 Å². The first-order valence-electron chi connectivity index (χ1n) is 8.66. The summed E-state index contributed by atoms with van der Waals surface area (Å²) in [5.74, 6) is 1.82. The Bertz CT molecular complexity index is 973. The molecule has 0 radical (unpaired) electrons. The molecule has 3 aromatic rings. The summed E-state index contributed by atoms with van der Waals surface area (Å²) in [5, 5.41) is 8.99. The number of aldehydes is 1. The summed E-state index contributed by atoms with van der Waals surface area (Å²) in [6.45, 7) is 4.11. The van der Waals surface area contributed by atoms with Crippen molar-refractivity contribution in [1.29, 1.82) is 0 Å². The number of hydrogen-bond acceptors (Lipinski definition) is 6. The predicted octanol–water partition coefficient (Wildman–Crippen LogP) is 0.759. The second kappa shape index (κ2) is 7.26. The van der Waals surface area contributed by atoms with Gasteiger partial charge in [-0.1, -0.05) is 19.9 Å². The van der Waals surface area contributed by atoms with E-state index in [0.717, 1.165) is 5.82 Å². The van der Waals surface area contributed by atoms with Crippen molar-refractivity contribution in [2.75, 3.05) is 0 Å². The Hall–Kier alpha value is -3.09. The Kier molecular flexibility index (Phi) is 5.03. The molecule has 3 rings (SSSR count). The molecule has 2 heterocycles. The third-order valence-electron chi connectivity index (χ3n) is 4.19. The molecule has 0 atom stereocenters. The Balaban J connectivity index is 2.08. The van der Waals surface area contributed by atoms with E-state index in [2.05, 4.69) is 28.8 Å². The molecule has 0 saturated carbocycles. The molecule has 136 valence electrons. The quantitative estimate of drug-likeness (QED) is 0.515. The molecule has 0 aliphatic rings. The number of benzene rings is 1. The molecule has 0 aliphatic carbocycles. The third kappa shape index (κ3) is 3.58. The van der Waals surface area contributed by atoms with Crippen LogP contribution >= 0.6 is 0 Å². The van der Waals surface area contributed by atoms with Gasteiger partial charge in [-0.05, 0) is 12.1 Å². The fraction of sp³-hybridized carbons (Fsp3) is 0.222. The van der Waals surface area contributed by atoms with Gasteiger partial charge in [0.2, 0.25) is 0 Å². The number of aromatic hydroxyl groups is 1. The summed E-state index contributed by atoms with van der Waals surface area (Å²) in [6, 6.07) is 4.70. The van der Waals surface area contributed by atoms with Crippen LogP contribution in [0.3, 0.4) is 0 Å². The monoisotopic (exact) mass is 362 g/mol. The minimum atomic E-state index is -0.923. The summed E-state index contributed by atoms with van der Waals surface area (Å²) in [6.07, 6.45) is 7.35. The molecule has 0 unspecified atom stereocenters. The van der Waals surface area contributed by atoms with Gasteiger partial charge in [0.15, 0.2) is 27.8 Å². The summed E-state index contributed by atoms with van der Waals surface area (Å²) in [5.41, 5.74) is 0.687. The van der Waals surface area contributed by atoms with Crippen LogP contribution < -0.4 is 4.74 Å². The Morgan fingerprint density at radius 1 is 1.19 bits per heavy atom. The van der Waals surface area contributed by atoms with E-state index in [9.17, 15) is 9.90 Å². The normalized spacial score (nSPS) is 11.5. The molecule has 1 aromatic carbocycles. The SMILES string of the molecule is BC(B)(Oc1cccc(O)c1C=O)c1nccnc1-n1ccnc1C(C)C. The number of nitrogens with zero attached hydrogens (tertiary/aromatic N) is 4. The van der Waals surface area contributed by atoms with Crippen LogP contribution in [0.25, 0.3) is 5.82 Å². The Morgan fingerprint density at radius 2 is 1.93 bits per heavy atom. The van der Waals surface area contributed by atoms with Crippen molar-refractivity contribution in [3.05, 3.63) is 60.1 Å². The fourth-order valence-electron chi connectivity index (χ4n) is 2.92. The molecule has 2 aromatic heterocycles. The molecule has 0 spiro atoms. The average molecular weight is 362 g/mol. The lowest BCUT2D eigenvalue weighted by atomic mass is 9.62. The van der Waals surface area contributed by atoms with E-state index in [4.69, 9.17) is 4.74 Å². The predicted molar refractivity (Wildman–Crippen MR) is 106 cm³/mol. The smallest absolute Gasteiger partial charge is 0.162 e. The highest BCUT2D eigenvalue weighted by molar-refractivity contribution is 6.39. The maximum atomic E-state index is 11.4. The molecule has 0 bridgehead atoms. The fourth-order valence-corrected chi connectivity index (χ4v) is 2.92. The summed E-state index contributed by atoms with van der Waals surface area (Å²) < 4.78 is 7.99. The van der Waals surface area contributed by atoms with E-state index in [1.807, 2.05) is 26.5 Å². The van der Waals surface area contributed by atoms with Crippen molar-refractivity contribution in [1.82, 2.24) is 19.5 Å². The van der Waals surface area contributed by atoms with E-state index in [0.29, 0.717) is 17.8 Å². The first kappa shape index (κ1) is 18.7. The van der Waals surface area contributed by atoms with Crippen molar-refractivity contribution in [3.8, 4) is 17.3 Å². The van der Waals surface area contributed by atoms with Crippen LogP contribution in [-0.4, -0.2) is 46.6 Å². The number of hydrogen-bond donors (Lipinski definition) is 1. The maximum absolute atomic E-state index is 11.4. The standard InChI is InChI=1S/C18H20B2N4O3/c1-11(2)16-23-8-9-24(16)17-15(21-6-7-22-17)18(19,20)27-14-5-3-4-13(26)12(14)10-25/h3-11,26H,19-20H2,1-2H3. The van der Waals surface area contributed by atoms with Crippen LogP contribution in [0.5, 0.6) is 11.5 Å². The first-order valence-corrected chi connectivity index (χ1v) is 8.66. The Morgan fingerprint density at radius 3 is 2.63 bits per heavy atom. The van der Waals surface area contributed by atoms with Crippen LogP contribution in [0.15, 0.2) is 43.0 Å². The highest BCUT2D eigenvalue weighted by atomic mass is 16.5. The number of carbonyl (C=O) groups excluding carboxylic acids is 1. The zero-order valence-electron chi connectivity index (χ0n) is 15.7. The number of imidazole rings is 1. The largest absolute Gasteiger partial charge is 0.507 e. The summed E-state index contributed by atoms with van der Waals surface area (Å²) >= 11 is 0. The van der Waals surface area contributed by atoms with Gasteiger partial charge in [0, 0.05) is 30.7 Å². The number of phenols is 1. The molecule has 0 aliphatic heterocycles. The highest BCUT2D eigenvalue weighted by Crippen LogP contribution is 2.31. The molecule has 0 saturated heterocycles. The van der Waals surface area contributed by atoms with Crippen LogP contribution in [0, 0.1) is 0 Å². The van der Waals surface area contributed by atoms with Gasteiger partial charge < -0.3 is 9.84 Å². The van der Waals surface area contributed by atoms with Crippen molar-refractivity contribution in [2.24, 2.45) is 0 Å². The van der Waals surface area contributed by atoms with Gasteiger partial charge in [0.1, 0.15) is 23.0 Å². The molecule has 0 fully saturated rings. The average Bonchev–Trinajstić information content (AvgIpc) is 3.11. The van der Waals surface area contributed by atoms with Crippen molar-refractivity contribution in [3.63, 3.8) is 0 Å². The molecule has 0 amide bonds. The van der Waals surface area contributed by atoms with Crippen LogP contribution in [0.2, 0.25) is 0 Å². The van der Waals surface area contributed by atoms with E-state index < -0.39 is 5.40 Å². The van der Waals surface area contributed by atoms with Crippen molar-refractivity contribution >= 4 is 22.0 Å². The van der Waals surface area contributed by atoms with Gasteiger partial charge in [0.05, 0.1) is 11.0 Å². The number of phenolic OH excluding ortho intramolecular Hbond substituents is 1. The lowest BCUT2D eigenvalue weighted by molar-refractivity contribution is 0.111. The van der Waals surface area contributed by atoms with E-state index in [1.165, 1.54) is 6.07 Å². The molecule has 7 nitrogen and oxygen atoms in total. The molecule has 1 N–H and O–H groups in total. The lowest BCUT2D eigenvalue weighted by Crippen LogP contribution is -2.37. The maximum Gasteiger partial charge on any atom is 0.162 e. The van der Waals surface area contributed by atoms with Gasteiger partial charge in [-0.25, -0.2) is 9.97 Å². The van der Waals surface area contributed by atoms with Gasteiger partial charge in [-0.15, -0.1) is 0 Å². The zero-order valence-corrected chi connectivity index (χ0v) is 15.7. The van der Waals surface area contributed by atoms with Gasteiger partial charge >= 0.3 is 0 Å². The van der Waals surface area contributed by atoms with Crippen LogP contribution in [0.4, 0.5) is 0 Å². The number of ether oxygens (including phenoxy) is 1. The third-order valence-corrected chi connectivity index (χ3v) is 4.19. The minimum absolute atomic E-state index is 0.0986. The van der Waals surface area contributed by atoms with Crippen LogP contribution in [-0.2, 0) is 5.40 Å². The second-order valence-electron chi connectivity index (χ2n) is 6.96. The lowest BCUT2D eigenvalue weighted by Gasteiger charge is -2.29. The Labute approximate surface area is 159 Å². The first-order chi connectivity index (χ1) is 12.8. The van der Waals surface area contributed by atoms with E-state index in [1.54, 1.807) is 30.7 Å². The van der Waals surface area contributed by atoms with Crippen molar-refractivity contribution in [2.45, 2.75) is 25.2 Å². The number of rotatable bonds is 6. The summed E-state index contributed by atoms with van der Waals surface area (Å²) in [4.78, 5) is 24.8. The molecular weight excluding hydrogens is 342 g/mol. The van der Waals surface area contributed by atoms with Crippen LogP contribution in [0.1, 0.15) is 41.6 Å².